The molecule has 194 valence electrons. The Morgan fingerprint density at radius 3 is 2.53 bits per heavy atom. The average molecular weight is 534 g/mol. The van der Waals surface area contributed by atoms with Crippen molar-refractivity contribution in [2.75, 3.05) is 19.0 Å². The van der Waals surface area contributed by atoms with Gasteiger partial charge in [0, 0.05) is 17.8 Å². The largest absolute Gasteiger partial charge is 0.493 e. The van der Waals surface area contributed by atoms with Crippen LogP contribution < -0.4 is 14.8 Å². The number of rotatable bonds is 9. The molecule has 3 amide bonds. The Morgan fingerprint density at radius 1 is 1.08 bits per heavy atom. The van der Waals surface area contributed by atoms with Crippen LogP contribution in [0.2, 0.25) is 0 Å². The third kappa shape index (κ3) is 6.37. The number of nitrogens with zero attached hydrogens (tertiary/aromatic N) is 2. The Labute approximate surface area is 222 Å². The Hall–Kier alpha value is -4.64. The van der Waals surface area contributed by atoms with Gasteiger partial charge in [-0.1, -0.05) is 30.3 Å². The molecule has 1 fully saturated rings. The third-order valence-corrected chi connectivity index (χ3v) is 6.41. The topological polar surface area (TPSA) is 128 Å². The van der Waals surface area contributed by atoms with E-state index in [1.165, 1.54) is 31.4 Å². The van der Waals surface area contributed by atoms with E-state index >= 15 is 0 Å². The predicted molar refractivity (Wildman–Crippen MR) is 143 cm³/mol. The first-order valence-electron chi connectivity index (χ1n) is 11.4. The average Bonchev–Trinajstić information content (AvgIpc) is 3.15. The molecule has 3 aromatic carbocycles. The van der Waals surface area contributed by atoms with Gasteiger partial charge in [-0.2, -0.15) is 0 Å². The van der Waals surface area contributed by atoms with Crippen molar-refractivity contribution in [3.8, 4) is 11.5 Å². The zero-order valence-electron chi connectivity index (χ0n) is 20.5. The van der Waals surface area contributed by atoms with Gasteiger partial charge >= 0.3 is 0 Å². The Balaban J connectivity index is 1.41. The highest BCUT2D eigenvalue weighted by Crippen LogP contribution is 2.35. The summed E-state index contributed by atoms with van der Waals surface area (Å²) < 4.78 is 11.0. The van der Waals surface area contributed by atoms with Crippen molar-refractivity contribution in [1.29, 1.82) is 0 Å². The second-order valence-electron chi connectivity index (χ2n) is 8.31. The first kappa shape index (κ1) is 26.4. The lowest BCUT2D eigenvalue weighted by Crippen LogP contribution is -2.27. The number of anilines is 1. The van der Waals surface area contributed by atoms with E-state index in [9.17, 15) is 24.5 Å². The second kappa shape index (κ2) is 11.6. The van der Waals surface area contributed by atoms with Crippen LogP contribution in [-0.2, 0) is 16.1 Å². The smallest absolute Gasteiger partial charge is 0.293 e. The second-order valence-corrected chi connectivity index (χ2v) is 9.30. The lowest BCUT2D eigenvalue weighted by atomic mass is 10.1. The van der Waals surface area contributed by atoms with Gasteiger partial charge in [-0.15, -0.1) is 0 Å². The van der Waals surface area contributed by atoms with Crippen LogP contribution in [0.3, 0.4) is 0 Å². The van der Waals surface area contributed by atoms with E-state index in [1.807, 2.05) is 25.1 Å². The molecule has 0 bridgehead atoms. The summed E-state index contributed by atoms with van der Waals surface area (Å²) in [6.07, 6.45) is 1.57. The van der Waals surface area contributed by atoms with Crippen LogP contribution >= 0.6 is 11.8 Å². The molecule has 0 aromatic heterocycles. The van der Waals surface area contributed by atoms with E-state index in [-0.39, 0.29) is 29.7 Å². The first-order chi connectivity index (χ1) is 18.2. The van der Waals surface area contributed by atoms with Crippen molar-refractivity contribution < 1.29 is 28.8 Å². The van der Waals surface area contributed by atoms with Gasteiger partial charge in [0.25, 0.3) is 22.7 Å². The Bertz CT molecular complexity index is 1440. The molecule has 0 aliphatic carbocycles. The predicted octanol–water partition coefficient (Wildman–Crippen LogP) is 5.17. The van der Waals surface area contributed by atoms with E-state index < -0.39 is 16.1 Å². The standard InChI is InChI=1S/C27H23N3O7S/c1-17-4-3-5-20(12-17)28-25(31)16-37-22-11-8-19(13-23(22)36-2)14-24-26(32)29(27(33)38-24)15-18-6-9-21(10-7-18)30(34)35/h3-14H,15-16H2,1-2H3,(H,28,31)/b24-14+. The number of benzene rings is 3. The van der Waals surface area contributed by atoms with E-state index in [4.69, 9.17) is 9.47 Å². The van der Waals surface area contributed by atoms with Crippen LogP contribution in [0.1, 0.15) is 16.7 Å². The maximum Gasteiger partial charge on any atom is 0.293 e. The lowest BCUT2D eigenvalue weighted by molar-refractivity contribution is -0.384. The van der Waals surface area contributed by atoms with Crippen molar-refractivity contribution in [2.24, 2.45) is 0 Å². The number of imide groups is 1. The molecule has 0 atom stereocenters. The number of amides is 3. The highest BCUT2D eigenvalue weighted by molar-refractivity contribution is 8.18. The zero-order chi connectivity index (χ0) is 27.2. The maximum absolute atomic E-state index is 12.9. The van der Waals surface area contributed by atoms with Crippen molar-refractivity contribution in [3.63, 3.8) is 0 Å². The molecule has 11 heteroatoms. The van der Waals surface area contributed by atoms with Gasteiger partial charge in [-0.25, -0.2) is 0 Å². The van der Waals surface area contributed by atoms with Crippen LogP contribution in [0, 0.1) is 17.0 Å². The van der Waals surface area contributed by atoms with Crippen molar-refractivity contribution in [2.45, 2.75) is 13.5 Å². The lowest BCUT2D eigenvalue weighted by Gasteiger charge is -2.12. The summed E-state index contributed by atoms with van der Waals surface area (Å²) in [5, 5.41) is 13.2. The molecule has 1 N–H and O–H groups in total. The molecule has 0 unspecified atom stereocenters. The fourth-order valence-corrected chi connectivity index (χ4v) is 4.49. The molecule has 1 aliphatic heterocycles. The summed E-state index contributed by atoms with van der Waals surface area (Å²) in [4.78, 5) is 49.3. The number of ether oxygens (including phenoxy) is 2. The molecule has 1 heterocycles. The zero-order valence-corrected chi connectivity index (χ0v) is 21.3. The number of hydrogen-bond donors (Lipinski definition) is 1. The van der Waals surface area contributed by atoms with Crippen LogP contribution in [0.25, 0.3) is 6.08 Å². The van der Waals surface area contributed by atoms with Crippen LogP contribution in [0.5, 0.6) is 11.5 Å². The fourth-order valence-electron chi connectivity index (χ4n) is 3.65. The normalized spacial score (nSPS) is 14.1. The van der Waals surface area contributed by atoms with Crippen molar-refractivity contribution in [3.05, 3.63) is 98.4 Å². The minimum absolute atomic E-state index is 0.000708. The molecule has 0 radical (unpaired) electrons. The minimum atomic E-state index is -0.516. The number of nitro groups is 1. The van der Waals surface area contributed by atoms with Crippen LogP contribution in [0.15, 0.2) is 71.6 Å². The quantitative estimate of drug-likeness (QED) is 0.227. The summed E-state index contributed by atoms with van der Waals surface area (Å²) in [6, 6.07) is 18.0. The number of hydrogen-bond acceptors (Lipinski definition) is 8. The van der Waals surface area contributed by atoms with Gasteiger partial charge < -0.3 is 14.8 Å². The number of methoxy groups -OCH3 is 1. The number of carbonyl (C=O) groups excluding carboxylic acids is 3. The Kier molecular flexibility index (Phi) is 8.07. The van der Waals surface area contributed by atoms with E-state index in [1.54, 1.807) is 30.3 Å². The van der Waals surface area contributed by atoms with E-state index in [0.717, 1.165) is 22.2 Å². The first-order valence-corrected chi connectivity index (χ1v) is 12.2. The number of nitrogens with one attached hydrogen (secondary N) is 1. The summed E-state index contributed by atoms with van der Waals surface area (Å²) >= 11 is 0.803. The SMILES string of the molecule is COc1cc(/C=C2/SC(=O)N(Cc3ccc([N+](=O)[O-])cc3)C2=O)ccc1OCC(=O)Nc1cccc(C)c1. The van der Waals surface area contributed by atoms with Crippen molar-refractivity contribution >= 4 is 46.3 Å². The monoisotopic (exact) mass is 533 g/mol. The molecule has 0 saturated carbocycles. The van der Waals surface area contributed by atoms with Crippen molar-refractivity contribution in [1.82, 2.24) is 4.90 Å². The highest BCUT2D eigenvalue weighted by Gasteiger charge is 2.35. The molecule has 38 heavy (non-hydrogen) atoms. The number of thioether (sulfide) groups is 1. The van der Waals surface area contributed by atoms with E-state index in [0.29, 0.717) is 28.3 Å². The summed E-state index contributed by atoms with van der Waals surface area (Å²) in [6.45, 7) is 1.70. The Morgan fingerprint density at radius 2 is 1.84 bits per heavy atom. The third-order valence-electron chi connectivity index (χ3n) is 5.51. The van der Waals surface area contributed by atoms with Crippen LogP contribution in [-0.4, -0.2) is 40.6 Å². The van der Waals surface area contributed by atoms with Gasteiger partial charge in [0.05, 0.1) is 23.5 Å². The van der Waals surface area contributed by atoms with Gasteiger partial charge in [0.1, 0.15) is 0 Å². The number of carbonyl (C=O) groups is 3. The summed E-state index contributed by atoms with van der Waals surface area (Å²) in [5.41, 5.74) is 2.80. The summed E-state index contributed by atoms with van der Waals surface area (Å²) in [5.74, 6) is -0.101. The molecule has 4 rings (SSSR count). The molecule has 0 spiro atoms. The van der Waals surface area contributed by atoms with Crippen LogP contribution in [0.4, 0.5) is 16.2 Å². The molecule has 3 aromatic rings. The van der Waals surface area contributed by atoms with Gasteiger partial charge in [0.15, 0.2) is 18.1 Å². The van der Waals surface area contributed by atoms with Gasteiger partial charge in [0.2, 0.25) is 0 Å². The highest BCUT2D eigenvalue weighted by atomic mass is 32.2. The molecule has 1 aliphatic rings. The fraction of sp³-hybridized carbons (Fsp3) is 0.148. The van der Waals surface area contributed by atoms with Gasteiger partial charge in [-0.3, -0.25) is 29.4 Å². The molecular formula is C27H23N3O7S. The number of aryl methyl sites for hydroxylation is 1. The molecular weight excluding hydrogens is 510 g/mol. The maximum atomic E-state index is 12.9. The summed E-state index contributed by atoms with van der Waals surface area (Å²) in [7, 11) is 1.46. The molecule has 1 saturated heterocycles. The van der Waals surface area contributed by atoms with E-state index in [2.05, 4.69) is 5.32 Å². The number of non-ortho nitro benzene ring substituents is 1. The molecule has 10 nitrogen and oxygen atoms in total. The minimum Gasteiger partial charge on any atom is -0.493 e. The van der Waals surface area contributed by atoms with Gasteiger partial charge in [-0.05, 0) is 65.7 Å². The number of nitro benzene ring substituents is 1.